The highest BCUT2D eigenvalue weighted by molar-refractivity contribution is 5.95. The van der Waals surface area contributed by atoms with E-state index >= 15 is 0 Å². The van der Waals surface area contributed by atoms with E-state index in [4.69, 9.17) is 0 Å². The lowest BCUT2D eigenvalue weighted by molar-refractivity contribution is 0.771. The quantitative estimate of drug-likeness (QED) is 0.456. The third-order valence-electron chi connectivity index (χ3n) is 5.84. The summed E-state index contributed by atoms with van der Waals surface area (Å²) in [5, 5.41) is 0. The molecule has 3 rings (SSSR count). The fourth-order valence-electron chi connectivity index (χ4n) is 4.99. The van der Waals surface area contributed by atoms with Crippen LogP contribution in [-0.4, -0.2) is 0 Å². The van der Waals surface area contributed by atoms with Gasteiger partial charge in [0.15, 0.2) is 0 Å². The van der Waals surface area contributed by atoms with Crippen molar-refractivity contribution in [3.63, 3.8) is 0 Å². The summed E-state index contributed by atoms with van der Waals surface area (Å²) in [4.78, 5) is 0. The minimum atomic E-state index is -0.379. The van der Waals surface area contributed by atoms with Gasteiger partial charge >= 0.3 is 0 Å². The summed E-state index contributed by atoms with van der Waals surface area (Å²) >= 11 is 0. The maximum Gasteiger partial charge on any atom is 0.0725 e. The Labute approximate surface area is 182 Å². The van der Waals surface area contributed by atoms with Crippen molar-refractivity contribution >= 4 is 5.57 Å². The number of allylic oxidation sites excluding steroid dienone is 16. The summed E-state index contributed by atoms with van der Waals surface area (Å²) < 4.78 is 0. The van der Waals surface area contributed by atoms with Crippen molar-refractivity contribution in [1.82, 2.24) is 0 Å². The van der Waals surface area contributed by atoms with Crippen LogP contribution in [0.25, 0.3) is 5.57 Å². The van der Waals surface area contributed by atoms with Crippen LogP contribution in [0, 0.1) is 0 Å². The maximum absolute atomic E-state index is 4.17. The molecule has 0 unspecified atom stereocenters. The summed E-state index contributed by atoms with van der Waals surface area (Å²) in [6, 6.07) is 8.83. The Kier molecular flexibility index (Phi) is 6.27. The Hall–Kier alpha value is -3.12. The molecule has 0 aromatic heterocycles. The van der Waals surface area contributed by atoms with E-state index in [2.05, 4.69) is 115 Å². The first kappa shape index (κ1) is 21.6. The summed E-state index contributed by atoms with van der Waals surface area (Å²) in [6.07, 6.45) is 19.5. The first-order chi connectivity index (χ1) is 14.5. The Morgan fingerprint density at radius 2 is 1.20 bits per heavy atom. The van der Waals surface area contributed by atoms with Crippen LogP contribution in [0.2, 0.25) is 0 Å². The van der Waals surface area contributed by atoms with Crippen molar-refractivity contribution in [1.29, 1.82) is 0 Å². The van der Waals surface area contributed by atoms with Gasteiger partial charge in [-0.1, -0.05) is 97.7 Å². The molecule has 2 aliphatic rings. The summed E-state index contributed by atoms with van der Waals surface area (Å²) in [6.45, 7) is 18.9. The number of benzene rings is 1. The average Bonchev–Trinajstić information content (AvgIpc) is 3.14. The molecule has 0 heteroatoms. The Morgan fingerprint density at radius 3 is 1.63 bits per heavy atom. The highest BCUT2D eigenvalue weighted by Crippen LogP contribution is 2.61. The van der Waals surface area contributed by atoms with Crippen molar-refractivity contribution in [3.8, 4) is 0 Å². The van der Waals surface area contributed by atoms with Gasteiger partial charge < -0.3 is 0 Å². The maximum atomic E-state index is 4.17. The molecule has 0 nitrogen and oxygen atoms in total. The molecule has 1 spiro atoms. The van der Waals surface area contributed by atoms with Gasteiger partial charge in [-0.2, -0.15) is 0 Å². The Bertz CT molecular complexity index is 1060. The summed E-state index contributed by atoms with van der Waals surface area (Å²) in [5.74, 6) is 0. The van der Waals surface area contributed by atoms with E-state index in [1.807, 2.05) is 12.2 Å². The number of hydrogen-bond donors (Lipinski definition) is 0. The number of hydrogen-bond acceptors (Lipinski definition) is 0. The molecule has 0 bridgehead atoms. The minimum absolute atomic E-state index is 0.379. The molecule has 0 fully saturated rings. The Balaban J connectivity index is 2.65. The molecule has 2 aliphatic carbocycles. The van der Waals surface area contributed by atoms with Gasteiger partial charge in [-0.25, -0.2) is 0 Å². The highest BCUT2D eigenvalue weighted by atomic mass is 14.5. The SMILES string of the molecule is C=CC1=C(/C=C\C)C2(C(/C=C\C)=C1C=C)C(/C=C\C)=C(C=C(C)C)c1ccccc12. The van der Waals surface area contributed by atoms with Crippen LogP contribution in [0.3, 0.4) is 0 Å². The predicted octanol–water partition coefficient (Wildman–Crippen LogP) is 8.36. The highest BCUT2D eigenvalue weighted by Gasteiger charge is 2.52. The van der Waals surface area contributed by atoms with Gasteiger partial charge in [0, 0.05) is 0 Å². The first-order valence-corrected chi connectivity index (χ1v) is 10.6. The molecule has 30 heavy (non-hydrogen) atoms. The normalized spacial score (nSPS) is 17.9. The van der Waals surface area contributed by atoms with Crippen molar-refractivity contribution in [3.05, 3.63) is 137 Å². The minimum Gasteiger partial charge on any atom is -0.0984 e. The van der Waals surface area contributed by atoms with Gasteiger partial charge in [0.05, 0.1) is 5.41 Å². The van der Waals surface area contributed by atoms with E-state index in [-0.39, 0.29) is 5.41 Å². The lowest BCUT2D eigenvalue weighted by Crippen LogP contribution is -2.28. The zero-order valence-electron chi connectivity index (χ0n) is 18.9. The van der Waals surface area contributed by atoms with E-state index in [1.165, 1.54) is 39.0 Å². The lowest BCUT2D eigenvalue weighted by atomic mass is 9.67. The molecule has 1 aromatic rings. The molecule has 0 amide bonds. The molecule has 1 aromatic carbocycles. The van der Waals surface area contributed by atoms with E-state index in [0.717, 1.165) is 11.1 Å². The molecule has 0 saturated heterocycles. The van der Waals surface area contributed by atoms with Gasteiger partial charge in [-0.15, -0.1) is 0 Å². The standard InChI is InChI=1S/C30H32/c1-8-15-26-22(11-4)23(12-5)27(16-9-2)30(26)28(17-10-3)25(20-21(6)7)24-18-13-14-19-29(24)30/h8-20H,4-5H2,1-3,6-7H3/b15-8-,16-9-,17-10-. The van der Waals surface area contributed by atoms with Crippen LogP contribution < -0.4 is 0 Å². The fraction of sp³-hybridized carbons (Fsp3) is 0.200. The van der Waals surface area contributed by atoms with Crippen LogP contribution in [-0.2, 0) is 5.41 Å². The molecule has 152 valence electrons. The first-order valence-electron chi connectivity index (χ1n) is 10.6. The van der Waals surface area contributed by atoms with E-state index in [0.29, 0.717) is 0 Å². The van der Waals surface area contributed by atoms with Crippen molar-refractivity contribution in [2.24, 2.45) is 0 Å². The van der Waals surface area contributed by atoms with E-state index in [9.17, 15) is 0 Å². The second-order valence-corrected chi connectivity index (χ2v) is 7.91. The van der Waals surface area contributed by atoms with Gasteiger partial charge in [0.2, 0.25) is 0 Å². The van der Waals surface area contributed by atoms with Crippen molar-refractivity contribution in [2.75, 3.05) is 0 Å². The average molecular weight is 393 g/mol. The molecule has 0 saturated carbocycles. The predicted molar refractivity (Wildman–Crippen MR) is 133 cm³/mol. The molecule has 0 aliphatic heterocycles. The third kappa shape index (κ3) is 2.99. The smallest absolute Gasteiger partial charge is 0.0725 e. The second kappa shape index (κ2) is 8.71. The van der Waals surface area contributed by atoms with Crippen LogP contribution in [0.1, 0.15) is 45.7 Å². The molecule has 0 N–H and O–H groups in total. The van der Waals surface area contributed by atoms with Crippen LogP contribution in [0.4, 0.5) is 0 Å². The molecular weight excluding hydrogens is 360 g/mol. The molecule has 0 radical (unpaired) electrons. The molecule has 0 heterocycles. The molecular formula is C30H32. The lowest BCUT2D eigenvalue weighted by Gasteiger charge is -2.33. The van der Waals surface area contributed by atoms with Gasteiger partial charge in [-0.05, 0) is 79.2 Å². The van der Waals surface area contributed by atoms with Gasteiger partial charge in [-0.3, -0.25) is 0 Å². The van der Waals surface area contributed by atoms with Crippen LogP contribution in [0.15, 0.2) is 126 Å². The second-order valence-electron chi connectivity index (χ2n) is 7.91. The topological polar surface area (TPSA) is 0 Å². The molecule has 0 atom stereocenters. The van der Waals surface area contributed by atoms with Crippen LogP contribution in [0.5, 0.6) is 0 Å². The number of rotatable bonds is 6. The third-order valence-corrected chi connectivity index (χ3v) is 5.84. The zero-order chi connectivity index (χ0) is 21.9. The van der Waals surface area contributed by atoms with Crippen molar-refractivity contribution in [2.45, 2.75) is 40.0 Å². The fourth-order valence-corrected chi connectivity index (χ4v) is 4.99. The summed E-state index contributed by atoms with van der Waals surface area (Å²) in [5.41, 5.74) is 11.0. The van der Waals surface area contributed by atoms with Crippen LogP contribution >= 0.6 is 0 Å². The van der Waals surface area contributed by atoms with Crippen molar-refractivity contribution < 1.29 is 0 Å². The largest absolute Gasteiger partial charge is 0.0984 e. The zero-order valence-corrected chi connectivity index (χ0v) is 18.9. The monoisotopic (exact) mass is 392 g/mol. The van der Waals surface area contributed by atoms with Gasteiger partial charge in [0.1, 0.15) is 0 Å². The summed E-state index contributed by atoms with van der Waals surface area (Å²) in [7, 11) is 0. The van der Waals surface area contributed by atoms with E-state index in [1.54, 1.807) is 0 Å². The van der Waals surface area contributed by atoms with Gasteiger partial charge in [0.25, 0.3) is 0 Å². The number of fused-ring (bicyclic) bond motifs is 2. The van der Waals surface area contributed by atoms with E-state index < -0.39 is 0 Å². The Morgan fingerprint density at radius 1 is 0.733 bits per heavy atom.